The van der Waals surface area contributed by atoms with Crippen LogP contribution < -0.4 is 15.2 Å². The molecule has 0 radical (unpaired) electrons. The monoisotopic (exact) mass is 340 g/mol. The fraction of sp³-hybridized carbons (Fsp3) is 0.450. The first kappa shape index (κ1) is 16.1. The van der Waals surface area contributed by atoms with E-state index < -0.39 is 0 Å². The predicted molar refractivity (Wildman–Crippen MR) is 96.4 cm³/mol. The minimum absolute atomic E-state index is 0.362. The summed E-state index contributed by atoms with van der Waals surface area (Å²) in [5.41, 5.74) is 10.6. The number of primary amides is 1. The zero-order valence-corrected chi connectivity index (χ0v) is 14.8. The summed E-state index contributed by atoms with van der Waals surface area (Å²) in [6.07, 6.45) is 4.29. The molecule has 5 nitrogen and oxygen atoms in total. The van der Waals surface area contributed by atoms with Crippen LogP contribution in [0.3, 0.4) is 0 Å². The summed E-state index contributed by atoms with van der Waals surface area (Å²) in [5, 5.41) is 0. The van der Waals surface area contributed by atoms with E-state index in [-0.39, 0.29) is 5.91 Å². The summed E-state index contributed by atoms with van der Waals surface area (Å²) in [5.74, 6) is 1.13. The molecule has 25 heavy (non-hydrogen) atoms. The van der Waals surface area contributed by atoms with Crippen molar-refractivity contribution < 1.29 is 14.3 Å². The highest BCUT2D eigenvalue weighted by Crippen LogP contribution is 2.44. The number of aromatic nitrogens is 1. The van der Waals surface area contributed by atoms with E-state index in [1.165, 1.54) is 18.5 Å². The maximum absolute atomic E-state index is 12.3. The Hall–Kier alpha value is -2.43. The molecule has 4 rings (SSSR count). The van der Waals surface area contributed by atoms with Gasteiger partial charge >= 0.3 is 0 Å². The molecular formula is C20H24N2O3. The van der Waals surface area contributed by atoms with Gasteiger partial charge in [-0.25, -0.2) is 0 Å². The lowest BCUT2D eigenvalue weighted by Gasteiger charge is -2.19. The van der Waals surface area contributed by atoms with Gasteiger partial charge in [-0.15, -0.1) is 0 Å². The number of benzene rings is 1. The highest BCUT2D eigenvalue weighted by atomic mass is 16.6. The van der Waals surface area contributed by atoms with E-state index in [1.54, 1.807) is 0 Å². The van der Waals surface area contributed by atoms with Crippen LogP contribution in [0.15, 0.2) is 18.2 Å². The summed E-state index contributed by atoms with van der Waals surface area (Å²) < 4.78 is 13.7. The lowest BCUT2D eigenvalue weighted by Crippen LogP contribution is -2.15. The van der Waals surface area contributed by atoms with Crippen molar-refractivity contribution in [3.8, 4) is 22.6 Å². The Balaban J connectivity index is 1.93. The maximum atomic E-state index is 12.3. The van der Waals surface area contributed by atoms with Crippen LogP contribution in [-0.4, -0.2) is 23.7 Å². The molecule has 0 unspecified atom stereocenters. The number of amides is 1. The van der Waals surface area contributed by atoms with Crippen LogP contribution in [0.25, 0.3) is 11.1 Å². The Bertz CT molecular complexity index is 834. The van der Waals surface area contributed by atoms with Crippen LogP contribution >= 0.6 is 0 Å². The standard InChI is InChI=1S/C20H24N2O3/c1-3-4-15-19(13-5-8-16-17(11-13)25-10-9-24-16)18(20(21)23)12(2)22(15)14-6-7-14/h5,8,11,14H,3-4,6-7,9-10H2,1-2H3,(H2,21,23). The van der Waals surface area contributed by atoms with Gasteiger partial charge in [0.15, 0.2) is 11.5 Å². The van der Waals surface area contributed by atoms with Crippen LogP contribution in [0.1, 0.15) is 54.0 Å². The van der Waals surface area contributed by atoms with Crippen molar-refractivity contribution in [3.05, 3.63) is 35.2 Å². The third-order valence-corrected chi connectivity index (χ3v) is 5.03. The number of nitrogens with zero attached hydrogens (tertiary/aromatic N) is 1. The molecule has 2 aliphatic rings. The van der Waals surface area contributed by atoms with E-state index in [0.717, 1.165) is 41.2 Å². The summed E-state index contributed by atoms with van der Waals surface area (Å²) in [4.78, 5) is 12.3. The first-order valence-corrected chi connectivity index (χ1v) is 9.05. The topological polar surface area (TPSA) is 66.5 Å². The second kappa shape index (κ2) is 6.14. The SMILES string of the molecule is CCCc1c(-c2ccc3c(c2)OCCO3)c(C(N)=O)c(C)n1C1CC1. The Morgan fingerprint density at radius 3 is 2.60 bits per heavy atom. The van der Waals surface area contributed by atoms with Crippen molar-refractivity contribution in [3.63, 3.8) is 0 Å². The lowest BCUT2D eigenvalue weighted by molar-refractivity contribution is 0.1000. The van der Waals surface area contributed by atoms with Gasteiger partial charge in [0.1, 0.15) is 13.2 Å². The number of nitrogens with two attached hydrogens (primary N) is 1. The van der Waals surface area contributed by atoms with E-state index >= 15 is 0 Å². The third kappa shape index (κ3) is 2.68. The van der Waals surface area contributed by atoms with Crippen molar-refractivity contribution in [1.82, 2.24) is 4.57 Å². The molecule has 0 atom stereocenters. The number of carbonyl (C=O) groups is 1. The summed E-state index contributed by atoms with van der Waals surface area (Å²) in [6.45, 7) is 5.29. The number of fused-ring (bicyclic) bond motifs is 1. The molecule has 1 aromatic carbocycles. The van der Waals surface area contributed by atoms with Crippen LogP contribution in [0.2, 0.25) is 0 Å². The second-order valence-corrected chi connectivity index (χ2v) is 6.86. The molecule has 1 fully saturated rings. The average Bonchev–Trinajstić information content (AvgIpc) is 3.39. The van der Waals surface area contributed by atoms with E-state index in [4.69, 9.17) is 15.2 Å². The molecule has 132 valence electrons. The first-order chi connectivity index (χ1) is 12.1. The highest BCUT2D eigenvalue weighted by molar-refractivity contribution is 6.02. The Morgan fingerprint density at radius 2 is 1.96 bits per heavy atom. The number of ether oxygens (including phenoxy) is 2. The van der Waals surface area contributed by atoms with Gasteiger partial charge in [-0.1, -0.05) is 19.4 Å². The average molecular weight is 340 g/mol. The minimum atomic E-state index is -0.362. The van der Waals surface area contributed by atoms with Gasteiger partial charge in [0, 0.05) is 23.0 Å². The summed E-state index contributed by atoms with van der Waals surface area (Å²) >= 11 is 0. The van der Waals surface area contributed by atoms with Gasteiger partial charge in [0.05, 0.1) is 5.56 Å². The van der Waals surface area contributed by atoms with Crippen molar-refractivity contribution in [2.75, 3.05) is 13.2 Å². The van der Waals surface area contributed by atoms with Gasteiger partial charge < -0.3 is 19.8 Å². The summed E-state index contributed by atoms with van der Waals surface area (Å²) in [7, 11) is 0. The van der Waals surface area contributed by atoms with E-state index in [1.807, 2.05) is 25.1 Å². The Kier molecular flexibility index (Phi) is 3.94. The maximum Gasteiger partial charge on any atom is 0.251 e. The number of rotatable bonds is 5. The molecule has 1 aliphatic heterocycles. The molecule has 2 N–H and O–H groups in total. The Morgan fingerprint density at radius 1 is 1.24 bits per heavy atom. The highest BCUT2D eigenvalue weighted by Gasteiger charge is 2.33. The molecule has 1 aliphatic carbocycles. The van der Waals surface area contributed by atoms with Crippen molar-refractivity contribution in [2.45, 2.75) is 45.6 Å². The van der Waals surface area contributed by atoms with Crippen LogP contribution in [-0.2, 0) is 6.42 Å². The van der Waals surface area contributed by atoms with E-state index in [0.29, 0.717) is 24.8 Å². The molecule has 2 aromatic rings. The van der Waals surface area contributed by atoms with E-state index in [9.17, 15) is 4.79 Å². The minimum Gasteiger partial charge on any atom is -0.486 e. The van der Waals surface area contributed by atoms with Crippen LogP contribution in [0.4, 0.5) is 0 Å². The molecular weight excluding hydrogens is 316 g/mol. The molecule has 0 spiro atoms. The van der Waals surface area contributed by atoms with Gasteiger partial charge in [-0.2, -0.15) is 0 Å². The van der Waals surface area contributed by atoms with Crippen LogP contribution in [0, 0.1) is 6.92 Å². The smallest absolute Gasteiger partial charge is 0.251 e. The fourth-order valence-electron chi connectivity index (χ4n) is 3.89. The molecule has 1 aromatic heterocycles. The molecule has 0 bridgehead atoms. The summed E-state index contributed by atoms with van der Waals surface area (Å²) in [6, 6.07) is 6.41. The Labute approximate surface area is 147 Å². The van der Waals surface area contributed by atoms with Gasteiger partial charge in [0.25, 0.3) is 5.91 Å². The molecule has 2 heterocycles. The lowest BCUT2D eigenvalue weighted by atomic mass is 9.97. The number of hydrogen-bond donors (Lipinski definition) is 1. The molecule has 0 saturated heterocycles. The van der Waals surface area contributed by atoms with Gasteiger partial charge in [-0.3, -0.25) is 4.79 Å². The van der Waals surface area contributed by atoms with Crippen molar-refractivity contribution in [1.29, 1.82) is 0 Å². The number of carbonyl (C=O) groups excluding carboxylic acids is 1. The third-order valence-electron chi connectivity index (χ3n) is 5.03. The van der Waals surface area contributed by atoms with Crippen molar-refractivity contribution in [2.24, 2.45) is 5.73 Å². The van der Waals surface area contributed by atoms with Crippen molar-refractivity contribution >= 4 is 5.91 Å². The normalized spacial score (nSPS) is 16.1. The van der Waals surface area contributed by atoms with Gasteiger partial charge in [-0.05, 0) is 43.9 Å². The number of hydrogen-bond acceptors (Lipinski definition) is 3. The molecule has 1 amide bonds. The zero-order chi connectivity index (χ0) is 17.6. The van der Waals surface area contributed by atoms with Crippen LogP contribution in [0.5, 0.6) is 11.5 Å². The largest absolute Gasteiger partial charge is 0.486 e. The van der Waals surface area contributed by atoms with Gasteiger partial charge in [0.2, 0.25) is 0 Å². The zero-order valence-electron chi connectivity index (χ0n) is 14.8. The quantitative estimate of drug-likeness (QED) is 0.904. The predicted octanol–water partition coefficient (Wildman–Crippen LogP) is 3.62. The molecule has 5 heteroatoms. The fourth-order valence-corrected chi connectivity index (χ4v) is 3.89. The molecule has 1 saturated carbocycles. The van der Waals surface area contributed by atoms with E-state index in [2.05, 4.69) is 11.5 Å². The first-order valence-electron chi connectivity index (χ1n) is 9.05. The second-order valence-electron chi connectivity index (χ2n) is 6.86.